The number of hydrogen-bond acceptors (Lipinski definition) is 6. The molecule has 34 heavy (non-hydrogen) atoms. The van der Waals surface area contributed by atoms with Crippen LogP contribution in [0.4, 0.5) is 21.9 Å². The third-order valence-electron chi connectivity index (χ3n) is 4.71. The standard InChI is InChI=1S/C21H24ClN5O6S/c1-34(31,32)23-12-18(26-21(30)25-16-4-2-14(22)3-5-16)20(29)24-15-6-8-17(9-7-15)27-10-11-33-13-19(27)28/h2-9,18,23H,10-13H2,1H3,(H,24,29)(H2,25,26,30)/t18-/m1/s1. The first kappa shape index (κ1) is 25.4. The molecule has 0 unspecified atom stereocenters. The van der Waals surface area contributed by atoms with Crippen LogP contribution in [0.3, 0.4) is 0 Å². The summed E-state index contributed by atoms with van der Waals surface area (Å²) in [6.45, 7) is 0.510. The Morgan fingerprint density at radius 3 is 2.29 bits per heavy atom. The van der Waals surface area contributed by atoms with Crippen LogP contribution in [0.15, 0.2) is 48.5 Å². The molecule has 0 bridgehead atoms. The molecule has 1 aliphatic rings. The van der Waals surface area contributed by atoms with Gasteiger partial charge in [-0.15, -0.1) is 0 Å². The molecule has 0 spiro atoms. The Morgan fingerprint density at radius 1 is 1.06 bits per heavy atom. The number of carbonyl (C=O) groups is 3. The van der Waals surface area contributed by atoms with Gasteiger partial charge in [0.15, 0.2) is 0 Å². The molecule has 11 nitrogen and oxygen atoms in total. The van der Waals surface area contributed by atoms with Crippen LogP contribution in [0.2, 0.25) is 5.02 Å². The first-order valence-corrected chi connectivity index (χ1v) is 12.4. The maximum absolute atomic E-state index is 12.8. The molecule has 0 aromatic heterocycles. The van der Waals surface area contributed by atoms with Gasteiger partial charge in [-0.2, -0.15) is 0 Å². The van der Waals surface area contributed by atoms with E-state index in [1.54, 1.807) is 53.4 Å². The zero-order valence-electron chi connectivity index (χ0n) is 18.2. The van der Waals surface area contributed by atoms with Crippen LogP contribution in [0, 0.1) is 0 Å². The van der Waals surface area contributed by atoms with Crippen LogP contribution in [-0.4, -0.2) is 64.9 Å². The van der Waals surface area contributed by atoms with Crippen LogP contribution in [0.25, 0.3) is 0 Å². The molecular formula is C21H24ClN5O6S. The highest BCUT2D eigenvalue weighted by Crippen LogP contribution is 2.20. The number of benzene rings is 2. The van der Waals surface area contributed by atoms with Crippen molar-refractivity contribution in [3.05, 3.63) is 53.6 Å². The number of ether oxygens (including phenoxy) is 1. The normalized spacial score (nSPS) is 14.9. The molecule has 0 radical (unpaired) electrons. The number of morpholine rings is 1. The first-order chi connectivity index (χ1) is 16.1. The van der Waals surface area contributed by atoms with E-state index in [4.69, 9.17) is 16.3 Å². The van der Waals surface area contributed by atoms with E-state index in [2.05, 4.69) is 20.7 Å². The predicted molar refractivity (Wildman–Crippen MR) is 128 cm³/mol. The number of carbonyl (C=O) groups excluding carboxylic acids is 3. The van der Waals surface area contributed by atoms with Gasteiger partial charge in [0.2, 0.25) is 15.9 Å². The summed E-state index contributed by atoms with van der Waals surface area (Å²) >= 11 is 5.82. The van der Waals surface area contributed by atoms with E-state index in [1.807, 2.05) is 0 Å². The van der Waals surface area contributed by atoms with Crippen molar-refractivity contribution in [1.29, 1.82) is 0 Å². The Morgan fingerprint density at radius 2 is 1.68 bits per heavy atom. The molecule has 0 aliphatic carbocycles. The number of nitrogens with one attached hydrogen (secondary N) is 4. The van der Waals surface area contributed by atoms with Gasteiger partial charge in [-0.25, -0.2) is 17.9 Å². The smallest absolute Gasteiger partial charge is 0.319 e. The maximum Gasteiger partial charge on any atom is 0.319 e. The van der Waals surface area contributed by atoms with Crippen molar-refractivity contribution in [2.75, 3.05) is 48.1 Å². The lowest BCUT2D eigenvalue weighted by Gasteiger charge is -2.27. The van der Waals surface area contributed by atoms with Crippen LogP contribution >= 0.6 is 11.6 Å². The summed E-state index contributed by atoms with van der Waals surface area (Å²) in [6.07, 6.45) is 0.946. The molecule has 2 aromatic carbocycles. The summed E-state index contributed by atoms with van der Waals surface area (Å²) in [5, 5.41) is 8.13. The quantitative estimate of drug-likeness (QED) is 0.423. The Bertz CT molecular complexity index is 1140. The molecule has 1 fully saturated rings. The second-order valence-corrected chi connectivity index (χ2v) is 9.68. The minimum absolute atomic E-state index is 0.0112. The number of sulfonamides is 1. The van der Waals surface area contributed by atoms with E-state index in [0.717, 1.165) is 6.26 Å². The highest BCUT2D eigenvalue weighted by molar-refractivity contribution is 7.88. The minimum Gasteiger partial charge on any atom is -0.370 e. The third-order valence-corrected chi connectivity index (χ3v) is 5.65. The average Bonchev–Trinajstić information content (AvgIpc) is 2.78. The highest BCUT2D eigenvalue weighted by atomic mass is 35.5. The lowest BCUT2D eigenvalue weighted by Crippen LogP contribution is -2.51. The predicted octanol–water partition coefficient (Wildman–Crippen LogP) is 1.38. The molecule has 13 heteroatoms. The first-order valence-electron chi connectivity index (χ1n) is 10.2. The molecule has 182 valence electrons. The molecular weight excluding hydrogens is 486 g/mol. The van der Waals surface area contributed by atoms with Crippen molar-refractivity contribution in [3.8, 4) is 0 Å². The van der Waals surface area contributed by atoms with Crippen LogP contribution in [0.1, 0.15) is 0 Å². The lowest BCUT2D eigenvalue weighted by molar-refractivity contribution is -0.125. The summed E-state index contributed by atoms with van der Waals surface area (Å²) in [5.74, 6) is -0.802. The Labute approximate surface area is 201 Å². The topological polar surface area (TPSA) is 146 Å². The van der Waals surface area contributed by atoms with E-state index in [-0.39, 0.29) is 19.1 Å². The van der Waals surface area contributed by atoms with Crippen molar-refractivity contribution in [1.82, 2.24) is 10.0 Å². The fourth-order valence-electron chi connectivity index (χ4n) is 3.05. The summed E-state index contributed by atoms with van der Waals surface area (Å²) in [6, 6.07) is 10.9. The van der Waals surface area contributed by atoms with Crippen molar-refractivity contribution >= 4 is 56.5 Å². The Balaban J connectivity index is 1.65. The lowest BCUT2D eigenvalue weighted by atomic mass is 10.2. The fraction of sp³-hybridized carbons (Fsp3) is 0.286. The SMILES string of the molecule is CS(=O)(=O)NC[C@@H](NC(=O)Nc1ccc(Cl)cc1)C(=O)Nc1ccc(N2CCOCC2=O)cc1. The zero-order valence-corrected chi connectivity index (χ0v) is 19.8. The summed E-state index contributed by atoms with van der Waals surface area (Å²) in [7, 11) is -3.61. The number of anilines is 3. The number of rotatable bonds is 8. The van der Waals surface area contributed by atoms with Gasteiger partial charge in [-0.05, 0) is 48.5 Å². The van der Waals surface area contributed by atoms with Gasteiger partial charge in [-0.1, -0.05) is 11.6 Å². The minimum atomic E-state index is -3.61. The number of halogens is 1. The number of urea groups is 1. The summed E-state index contributed by atoms with van der Waals surface area (Å²) in [5.41, 5.74) is 1.49. The van der Waals surface area contributed by atoms with Crippen molar-refractivity contribution < 1.29 is 27.5 Å². The third kappa shape index (κ3) is 7.70. The van der Waals surface area contributed by atoms with E-state index < -0.39 is 28.0 Å². The molecule has 1 heterocycles. The van der Waals surface area contributed by atoms with E-state index in [9.17, 15) is 22.8 Å². The van der Waals surface area contributed by atoms with Gasteiger partial charge in [0.25, 0.3) is 5.91 Å². The van der Waals surface area contributed by atoms with Gasteiger partial charge in [0.1, 0.15) is 12.6 Å². The Kier molecular flexibility index (Phi) is 8.45. The number of nitrogens with zero attached hydrogens (tertiary/aromatic N) is 1. The molecule has 4 N–H and O–H groups in total. The molecule has 4 amide bonds. The molecule has 1 aliphatic heterocycles. The highest BCUT2D eigenvalue weighted by Gasteiger charge is 2.23. The summed E-state index contributed by atoms with van der Waals surface area (Å²) < 4.78 is 30.4. The monoisotopic (exact) mass is 509 g/mol. The fourth-order valence-corrected chi connectivity index (χ4v) is 3.64. The largest absolute Gasteiger partial charge is 0.370 e. The van der Waals surface area contributed by atoms with Gasteiger partial charge < -0.3 is 25.6 Å². The Hall–Kier alpha value is -3.19. The van der Waals surface area contributed by atoms with Gasteiger partial charge in [-0.3, -0.25) is 9.59 Å². The van der Waals surface area contributed by atoms with Crippen LogP contribution < -0.4 is 25.6 Å². The number of amides is 4. The van der Waals surface area contributed by atoms with E-state index >= 15 is 0 Å². The van der Waals surface area contributed by atoms with Gasteiger partial charge >= 0.3 is 6.03 Å². The summed E-state index contributed by atoms with van der Waals surface area (Å²) in [4.78, 5) is 38.7. The zero-order chi connectivity index (χ0) is 24.7. The van der Waals surface area contributed by atoms with Crippen LogP contribution in [0.5, 0.6) is 0 Å². The molecule has 0 saturated carbocycles. The molecule has 2 aromatic rings. The van der Waals surface area contributed by atoms with Crippen LogP contribution in [-0.2, 0) is 24.3 Å². The van der Waals surface area contributed by atoms with Crippen molar-refractivity contribution in [3.63, 3.8) is 0 Å². The van der Waals surface area contributed by atoms with Gasteiger partial charge in [0, 0.05) is 35.2 Å². The second-order valence-electron chi connectivity index (χ2n) is 7.41. The molecule has 1 atom stereocenters. The second kappa shape index (κ2) is 11.3. The van der Waals surface area contributed by atoms with Crippen molar-refractivity contribution in [2.24, 2.45) is 0 Å². The average molecular weight is 510 g/mol. The van der Waals surface area contributed by atoms with Gasteiger partial charge in [0.05, 0.1) is 12.9 Å². The maximum atomic E-state index is 12.8. The number of hydrogen-bond donors (Lipinski definition) is 4. The van der Waals surface area contributed by atoms with Crippen molar-refractivity contribution in [2.45, 2.75) is 6.04 Å². The molecule has 3 rings (SSSR count). The molecule has 1 saturated heterocycles. The van der Waals surface area contributed by atoms with E-state index in [0.29, 0.717) is 35.2 Å². The van der Waals surface area contributed by atoms with E-state index in [1.165, 1.54) is 0 Å².